The highest BCUT2D eigenvalue weighted by Crippen LogP contribution is 2.18. The molecule has 0 amide bonds. The molecule has 0 aliphatic carbocycles. The van der Waals surface area contributed by atoms with Crippen molar-refractivity contribution in [1.82, 2.24) is 0 Å². The molecule has 0 aliphatic rings. The van der Waals surface area contributed by atoms with Gasteiger partial charge in [-0.1, -0.05) is 6.07 Å². The second-order valence-electron chi connectivity index (χ2n) is 3.22. The maximum Gasteiger partial charge on any atom is 0.132 e. The zero-order valence-electron chi connectivity index (χ0n) is 8.02. The molecule has 0 aromatic heterocycles. The Bertz CT molecular complexity index is 334. The van der Waals surface area contributed by atoms with Gasteiger partial charge in [-0.25, -0.2) is 8.78 Å². The van der Waals surface area contributed by atoms with E-state index in [-0.39, 0.29) is 12.0 Å². The molecular weight excluding hydrogens is 186 g/mol. The van der Waals surface area contributed by atoms with Crippen molar-refractivity contribution in [2.75, 3.05) is 0 Å². The van der Waals surface area contributed by atoms with Gasteiger partial charge in [0.25, 0.3) is 0 Å². The number of unbranched alkanes of at least 4 members (excludes halogenated alkanes) is 1. The molecule has 1 rings (SSSR count). The molecule has 76 valence electrons. The van der Waals surface area contributed by atoms with Crippen molar-refractivity contribution in [1.29, 1.82) is 0 Å². The van der Waals surface area contributed by atoms with E-state index in [1.807, 2.05) is 0 Å². The van der Waals surface area contributed by atoms with E-state index in [4.69, 9.17) is 0 Å². The van der Waals surface area contributed by atoms with Gasteiger partial charge in [-0.3, -0.25) is 0 Å². The fraction of sp³-hybridized carbons (Fsp3) is 0.364. The average molecular weight is 198 g/mol. The lowest BCUT2D eigenvalue weighted by molar-refractivity contribution is -0.107. The van der Waals surface area contributed by atoms with E-state index in [2.05, 4.69) is 0 Å². The fourth-order valence-corrected chi connectivity index (χ4v) is 1.31. The molecule has 1 aromatic carbocycles. The molecule has 0 radical (unpaired) electrons. The first kappa shape index (κ1) is 10.8. The minimum atomic E-state index is -0.529. The van der Waals surface area contributed by atoms with Crippen molar-refractivity contribution in [3.8, 4) is 0 Å². The van der Waals surface area contributed by atoms with Gasteiger partial charge in [-0.15, -0.1) is 0 Å². The zero-order valence-corrected chi connectivity index (χ0v) is 8.02. The van der Waals surface area contributed by atoms with Crippen LogP contribution in [0.25, 0.3) is 0 Å². The Labute approximate surface area is 81.7 Å². The standard InChI is InChI=1S/C11H12F2O/c1-8-5-6-10(12)9(11(8)13)4-2-3-7-14/h5-7H,2-4H2,1H3. The molecule has 3 heteroatoms. The van der Waals surface area contributed by atoms with Gasteiger partial charge >= 0.3 is 0 Å². The summed E-state index contributed by atoms with van der Waals surface area (Å²) in [6.45, 7) is 1.60. The van der Waals surface area contributed by atoms with Gasteiger partial charge in [0.05, 0.1) is 0 Å². The highest BCUT2D eigenvalue weighted by atomic mass is 19.1. The molecule has 1 nitrogen and oxygen atoms in total. The fourth-order valence-electron chi connectivity index (χ4n) is 1.31. The van der Waals surface area contributed by atoms with E-state index >= 15 is 0 Å². The molecule has 0 fully saturated rings. The minimum Gasteiger partial charge on any atom is -0.303 e. The van der Waals surface area contributed by atoms with Crippen molar-refractivity contribution in [3.63, 3.8) is 0 Å². The largest absolute Gasteiger partial charge is 0.303 e. The minimum absolute atomic E-state index is 0.0897. The number of carbonyl (C=O) groups excluding carboxylic acids is 1. The summed E-state index contributed by atoms with van der Waals surface area (Å²) in [7, 11) is 0. The summed E-state index contributed by atoms with van der Waals surface area (Å²) in [5.74, 6) is -1.02. The molecule has 0 saturated carbocycles. The molecule has 0 N–H and O–H groups in total. The number of benzene rings is 1. The van der Waals surface area contributed by atoms with Crippen LogP contribution in [0.3, 0.4) is 0 Å². The molecule has 0 aliphatic heterocycles. The number of rotatable bonds is 4. The lowest BCUT2D eigenvalue weighted by atomic mass is 10.0. The Morgan fingerprint density at radius 3 is 2.71 bits per heavy atom. The second-order valence-corrected chi connectivity index (χ2v) is 3.22. The quantitative estimate of drug-likeness (QED) is 0.537. The van der Waals surface area contributed by atoms with Crippen LogP contribution in [-0.4, -0.2) is 6.29 Å². The summed E-state index contributed by atoms with van der Waals surface area (Å²) < 4.78 is 26.5. The van der Waals surface area contributed by atoms with E-state index in [1.165, 1.54) is 12.1 Å². The number of hydrogen-bond acceptors (Lipinski definition) is 1. The third-order valence-electron chi connectivity index (χ3n) is 2.13. The van der Waals surface area contributed by atoms with Crippen LogP contribution in [0.15, 0.2) is 12.1 Å². The van der Waals surface area contributed by atoms with Crippen molar-refractivity contribution in [2.24, 2.45) is 0 Å². The van der Waals surface area contributed by atoms with Crippen LogP contribution in [0.2, 0.25) is 0 Å². The van der Waals surface area contributed by atoms with Gasteiger partial charge in [0.1, 0.15) is 17.9 Å². The molecule has 0 atom stereocenters. The lowest BCUT2D eigenvalue weighted by Crippen LogP contribution is -1.98. The van der Waals surface area contributed by atoms with Crippen LogP contribution in [0.4, 0.5) is 8.78 Å². The smallest absolute Gasteiger partial charge is 0.132 e. The number of aldehydes is 1. The van der Waals surface area contributed by atoms with Gasteiger partial charge in [-0.2, -0.15) is 0 Å². The lowest BCUT2D eigenvalue weighted by Gasteiger charge is -2.05. The van der Waals surface area contributed by atoms with Crippen molar-refractivity contribution < 1.29 is 13.6 Å². The normalized spacial score (nSPS) is 10.2. The zero-order chi connectivity index (χ0) is 10.6. The average Bonchev–Trinajstić information content (AvgIpc) is 2.18. The summed E-state index contributed by atoms with van der Waals surface area (Å²) >= 11 is 0. The van der Waals surface area contributed by atoms with Crippen LogP contribution < -0.4 is 0 Å². The van der Waals surface area contributed by atoms with Crippen LogP contribution in [0.5, 0.6) is 0 Å². The van der Waals surface area contributed by atoms with Gasteiger partial charge in [-0.05, 0) is 31.4 Å². The van der Waals surface area contributed by atoms with E-state index in [9.17, 15) is 13.6 Å². The van der Waals surface area contributed by atoms with Gasteiger partial charge in [0.2, 0.25) is 0 Å². The molecule has 0 heterocycles. The first-order valence-electron chi connectivity index (χ1n) is 4.54. The van der Waals surface area contributed by atoms with Gasteiger partial charge in [0.15, 0.2) is 0 Å². The van der Waals surface area contributed by atoms with E-state index < -0.39 is 11.6 Å². The van der Waals surface area contributed by atoms with E-state index in [0.29, 0.717) is 18.4 Å². The highest BCUT2D eigenvalue weighted by molar-refractivity contribution is 5.49. The molecule has 14 heavy (non-hydrogen) atoms. The van der Waals surface area contributed by atoms with Crippen molar-refractivity contribution >= 4 is 6.29 Å². The Balaban J connectivity index is 2.83. The monoisotopic (exact) mass is 198 g/mol. The summed E-state index contributed by atoms with van der Waals surface area (Å²) in [6.07, 6.45) is 1.86. The molecule has 1 aromatic rings. The molecule has 0 unspecified atom stereocenters. The van der Waals surface area contributed by atoms with Crippen molar-refractivity contribution in [2.45, 2.75) is 26.2 Å². The maximum absolute atomic E-state index is 13.4. The van der Waals surface area contributed by atoms with Gasteiger partial charge in [0, 0.05) is 12.0 Å². The van der Waals surface area contributed by atoms with E-state index in [0.717, 1.165) is 6.29 Å². The van der Waals surface area contributed by atoms with Crippen molar-refractivity contribution in [3.05, 3.63) is 34.9 Å². The topological polar surface area (TPSA) is 17.1 Å². The SMILES string of the molecule is Cc1ccc(F)c(CCCC=O)c1F. The summed E-state index contributed by atoms with van der Waals surface area (Å²) in [5.41, 5.74) is 0.527. The number of aryl methyl sites for hydroxylation is 1. The number of hydrogen-bond donors (Lipinski definition) is 0. The third-order valence-corrected chi connectivity index (χ3v) is 2.13. The van der Waals surface area contributed by atoms with Crippen LogP contribution in [0, 0.1) is 18.6 Å². The van der Waals surface area contributed by atoms with Crippen LogP contribution >= 0.6 is 0 Å². The Kier molecular flexibility index (Phi) is 3.74. The molecule has 0 spiro atoms. The number of carbonyl (C=O) groups is 1. The maximum atomic E-state index is 13.4. The van der Waals surface area contributed by atoms with Crippen LogP contribution in [0.1, 0.15) is 24.0 Å². The third kappa shape index (κ3) is 2.37. The first-order valence-corrected chi connectivity index (χ1v) is 4.54. The first-order chi connectivity index (χ1) is 6.66. The summed E-state index contributed by atoms with van der Waals surface area (Å²) in [5, 5.41) is 0. The highest BCUT2D eigenvalue weighted by Gasteiger charge is 2.10. The predicted octanol–water partition coefficient (Wildman–Crippen LogP) is 2.79. The summed E-state index contributed by atoms with van der Waals surface area (Å²) in [4.78, 5) is 10.0. The second kappa shape index (κ2) is 4.84. The molecular formula is C11H12F2O. The summed E-state index contributed by atoms with van der Waals surface area (Å²) in [6, 6.07) is 2.67. The Morgan fingerprint density at radius 2 is 2.07 bits per heavy atom. The Morgan fingerprint density at radius 1 is 1.36 bits per heavy atom. The predicted molar refractivity (Wildman–Crippen MR) is 50.1 cm³/mol. The number of halogens is 2. The molecule has 0 saturated heterocycles. The van der Waals surface area contributed by atoms with Gasteiger partial charge < -0.3 is 4.79 Å². The van der Waals surface area contributed by atoms with Crippen LogP contribution in [-0.2, 0) is 11.2 Å². The molecule has 0 bridgehead atoms. The van der Waals surface area contributed by atoms with E-state index in [1.54, 1.807) is 6.92 Å². The Hall–Kier alpha value is -1.25.